The Labute approximate surface area is 78.4 Å². The number of hydrogen-bond donors (Lipinski definition) is 0. The molecule has 1 fully saturated rings. The van der Waals surface area contributed by atoms with Crippen LogP contribution in [-0.2, 0) is 9.53 Å². The number of ether oxygens (including phenoxy) is 1. The molecule has 0 aromatic carbocycles. The number of piperidine rings is 1. The molecule has 1 atom stereocenters. The summed E-state index contributed by atoms with van der Waals surface area (Å²) in [6, 6.07) is 0.572. The third-order valence-corrected chi connectivity index (χ3v) is 2.90. The number of carbonyl (C=O) groups excluding carboxylic acids is 1. The van der Waals surface area contributed by atoms with Gasteiger partial charge in [-0.1, -0.05) is 0 Å². The van der Waals surface area contributed by atoms with E-state index < -0.39 is 0 Å². The average molecular weight is 181 g/mol. The highest BCUT2D eigenvalue weighted by Crippen LogP contribution is 2.29. The maximum absolute atomic E-state index is 11.2. The molecule has 72 valence electrons. The second-order valence-electron chi connectivity index (χ2n) is 3.74. The van der Waals surface area contributed by atoms with E-state index in [0.29, 0.717) is 6.04 Å². The number of carbonyl (C=O) groups is 1. The van der Waals surface area contributed by atoms with Crippen molar-refractivity contribution in [3.8, 4) is 0 Å². The lowest BCUT2D eigenvalue weighted by Gasteiger charge is -2.29. The van der Waals surface area contributed by atoms with Crippen molar-refractivity contribution in [3.05, 3.63) is 11.8 Å². The second-order valence-corrected chi connectivity index (χ2v) is 3.74. The number of methoxy groups -OCH3 is 1. The molecule has 0 bridgehead atoms. The molecule has 3 heteroatoms. The summed E-state index contributed by atoms with van der Waals surface area (Å²) in [7, 11) is 1.44. The summed E-state index contributed by atoms with van der Waals surface area (Å²) < 4.78 is 4.71. The van der Waals surface area contributed by atoms with Crippen LogP contribution in [0.5, 0.6) is 0 Å². The van der Waals surface area contributed by atoms with Crippen molar-refractivity contribution >= 4 is 5.97 Å². The lowest BCUT2D eigenvalue weighted by molar-refractivity contribution is -0.136. The van der Waals surface area contributed by atoms with E-state index in [9.17, 15) is 4.79 Å². The van der Waals surface area contributed by atoms with Gasteiger partial charge in [0.05, 0.1) is 12.7 Å². The van der Waals surface area contributed by atoms with E-state index in [0.717, 1.165) is 18.5 Å². The molecule has 1 saturated heterocycles. The average Bonchev–Trinajstić information content (AvgIpc) is 2.59. The molecule has 3 nitrogen and oxygen atoms in total. The summed E-state index contributed by atoms with van der Waals surface area (Å²) in [5, 5.41) is 0. The molecule has 0 spiro atoms. The van der Waals surface area contributed by atoms with E-state index in [1.165, 1.54) is 26.4 Å². The monoisotopic (exact) mass is 181 g/mol. The first-order chi connectivity index (χ1) is 6.31. The van der Waals surface area contributed by atoms with Gasteiger partial charge in [0.2, 0.25) is 0 Å². The van der Waals surface area contributed by atoms with Gasteiger partial charge < -0.3 is 9.64 Å². The molecular weight excluding hydrogens is 166 g/mol. The van der Waals surface area contributed by atoms with Crippen LogP contribution in [0, 0.1) is 0 Å². The zero-order chi connectivity index (χ0) is 9.26. The third kappa shape index (κ3) is 1.55. The van der Waals surface area contributed by atoms with Crippen molar-refractivity contribution in [2.75, 3.05) is 13.7 Å². The summed E-state index contributed by atoms with van der Waals surface area (Å²) in [5.41, 5.74) is 0.842. The topological polar surface area (TPSA) is 29.5 Å². The Bertz CT molecular complexity index is 247. The summed E-state index contributed by atoms with van der Waals surface area (Å²) in [5.74, 6) is -0.158. The van der Waals surface area contributed by atoms with Gasteiger partial charge in [0.25, 0.3) is 0 Å². The van der Waals surface area contributed by atoms with Gasteiger partial charge >= 0.3 is 5.97 Å². The van der Waals surface area contributed by atoms with Crippen LogP contribution in [0.3, 0.4) is 0 Å². The summed E-state index contributed by atoms with van der Waals surface area (Å²) in [6.45, 7) is 1.10. The van der Waals surface area contributed by atoms with E-state index in [2.05, 4.69) is 4.90 Å². The number of rotatable bonds is 1. The minimum absolute atomic E-state index is 0.158. The van der Waals surface area contributed by atoms with Gasteiger partial charge in [-0.25, -0.2) is 4.79 Å². The molecule has 0 N–H and O–H groups in total. The molecule has 0 amide bonds. The quantitative estimate of drug-likeness (QED) is 0.571. The second kappa shape index (κ2) is 3.40. The van der Waals surface area contributed by atoms with Crippen LogP contribution in [0.15, 0.2) is 11.8 Å². The van der Waals surface area contributed by atoms with Crippen LogP contribution >= 0.6 is 0 Å². The minimum atomic E-state index is -0.158. The van der Waals surface area contributed by atoms with Crippen LogP contribution in [-0.4, -0.2) is 30.6 Å². The summed E-state index contributed by atoms with van der Waals surface area (Å²) in [4.78, 5) is 13.5. The van der Waals surface area contributed by atoms with E-state index in [-0.39, 0.29) is 5.97 Å². The molecule has 13 heavy (non-hydrogen) atoms. The molecule has 1 unspecified atom stereocenters. The van der Waals surface area contributed by atoms with Gasteiger partial charge in [0.1, 0.15) is 0 Å². The van der Waals surface area contributed by atoms with Crippen LogP contribution < -0.4 is 0 Å². The van der Waals surface area contributed by atoms with Gasteiger partial charge in [-0.05, 0) is 19.3 Å². The predicted molar refractivity (Wildman–Crippen MR) is 49.1 cm³/mol. The first-order valence-electron chi connectivity index (χ1n) is 4.86. The van der Waals surface area contributed by atoms with Crippen molar-refractivity contribution in [1.82, 2.24) is 4.90 Å². The zero-order valence-corrected chi connectivity index (χ0v) is 7.95. The van der Waals surface area contributed by atoms with Gasteiger partial charge in [0, 0.05) is 25.2 Å². The summed E-state index contributed by atoms with van der Waals surface area (Å²) in [6.07, 6.45) is 6.63. The van der Waals surface area contributed by atoms with Crippen molar-refractivity contribution in [2.24, 2.45) is 0 Å². The molecule has 0 saturated carbocycles. The number of esters is 1. The maximum atomic E-state index is 11.2. The lowest BCUT2D eigenvalue weighted by atomic mass is 10.0. The highest BCUT2D eigenvalue weighted by molar-refractivity contribution is 5.88. The van der Waals surface area contributed by atoms with E-state index in [4.69, 9.17) is 4.74 Å². The van der Waals surface area contributed by atoms with Gasteiger partial charge in [0.15, 0.2) is 0 Å². The Morgan fingerprint density at radius 2 is 2.46 bits per heavy atom. The summed E-state index contributed by atoms with van der Waals surface area (Å²) >= 11 is 0. The van der Waals surface area contributed by atoms with Crippen LogP contribution in [0.2, 0.25) is 0 Å². The Balaban J connectivity index is 2.05. The Hall–Kier alpha value is -0.990. The highest BCUT2D eigenvalue weighted by Gasteiger charge is 2.29. The largest absolute Gasteiger partial charge is 0.466 e. The minimum Gasteiger partial charge on any atom is -0.466 e. The van der Waals surface area contributed by atoms with Gasteiger partial charge in [-0.15, -0.1) is 0 Å². The Kier molecular flexibility index (Phi) is 2.25. The van der Waals surface area contributed by atoms with Crippen LogP contribution in [0.4, 0.5) is 0 Å². The van der Waals surface area contributed by atoms with Crippen molar-refractivity contribution in [1.29, 1.82) is 0 Å². The SMILES string of the molecule is COC(=O)C1=CN2CCCCC2C1. The smallest absolute Gasteiger partial charge is 0.335 e. The Morgan fingerprint density at radius 1 is 1.62 bits per heavy atom. The van der Waals surface area contributed by atoms with Crippen molar-refractivity contribution in [3.63, 3.8) is 0 Å². The lowest BCUT2D eigenvalue weighted by Crippen LogP contribution is -2.31. The molecule has 2 heterocycles. The first-order valence-corrected chi connectivity index (χ1v) is 4.86. The predicted octanol–water partition coefficient (Wildman–Crippen LogP) is 1.30. The van der Waals surface area contributed by atoms with Gasteiger partial charge in [-0.3, -0.25) is 0 Å². The Morgan fingerprint density at radius 3 is 3.15 bits per heavy atom. The molecular formula is C10H15NO2. The number of hydrogen-bond acceptors (Lipinski definition) is 3. The molecule has 2 rings (SSSR count). The molecule has 0 aromatic heterocycles. The molecule has 2 aliphatic rings. The highest BCUT2D eigenvalue weighted by atomic mass is 16.5. The first kappa shape index (κ1) is 8.60. The standard InChI is InChI=1S/C10H15NO2/c1-13-10(12)8-6-9-4-2-3-5-11(9)7-8/h7,9H,2-6H2,1H3. The number of nitrogens with zero attached hydrogens (tertiary/aromatic N) is 1. The van der Waals surface area contributed by atoms with Crippen LogP contribution in [0.1, 0.15) is 25.7 Å². The fraction of sp³-hybridized carbons (Fsp3) is 0.700. The molecule has 2 aliphatic heterocycles. The molecule has 0 aliphatic carbocycles. The maximum Gasteiger partial charge on any atom is 0.335 e. The third-order valence-electron chi connectivity index (χ3n) is 2.90. The van der Waals surface area contributed by atoms with Crippen LogP contribution in [0.25, 0.3) is 0 Å². The van der Waals surface area contributed by atoms with Gasteiger partial charge in [-0.2, -0.15) is 0 Å². The molecule has 0 radical (unpaired) electrons. The molecule has 0 aromatic rings. The normalized spacial score (nSPS) is 26.7. The fourth-order valence-electron chi connectivity index (χ4n) is 2.19. The fourth-order valence-corrected chi connectivity index (χ4v) is 2.19. The zero-order valence-electron chi connectivity index (χ0n) is 7.95. The van der Waals surface area contributed by atoms with E-state index >= 15 is 0 Å². The van der Waals surface area contributed by atoms with Crippen molar-refractivity contribution < 1.29 is 9.53 Å². The number of fused-ring (bicyclic) bond motifs is 1. The van der Waals surface area contributed by atoms with Crippen molar-refractivity contribution in [2.45, 2.75) is 31.7 Å². The van der Waals surface area contributed by atoms with E-state index in [1.54, 1.807) is 0 Å². The van der Waals surface area contributed by atoms with E-state index in [1.807, 2.05) is 6.20 Å².